The fourth-order valence-corrected chi connectivity index (χ4v) is 11.1. The van der Waals surface area contributed by atoms with Gasteiger partial charge in [-0.15, -0.1) is 34.9 Å². The van der Waals surface area contributed by atoms with Gasteiger partial charge < -0.3 is 20.6 Å². The minimum Gasteiger partial charge on any atom is -0.448 e. The number of thioether (sulfide) groups is 2. The first-order valence-electron chi connectivity index (χ1n) is 20.9. The summed E-state index contributed by atoms with van der Waals surface area (Å²) in [7, 11) is 0. The number of β-lactam (4-membered cyclic amide) rings is 1. The van der Waals surface area contributed by atoms with Crippen molar-refractivity contribution in [2.24, 2.45) is 5.16 Å². The number of nitrogens with two attached hydrogens (primary N) is 1. The first-order valence-corrected chi connectivity index (χ1v) is 23.8. The number of nitrogen functional groups attached to an aromatic ring is 1. The van der Waals surface area contributed by atoms with Gasteiger partial charge >= 0.3 is 5.97 Å². The van der Waals surface area contributed by atoms with Gasteiger partial charge in [-0.1, -0.05) is 157 Å². The molecule has 9 rings (SSSR count). The summed E-state index contributed by atoms with van der Waals surface area (Å²) in [4.78, 5) is 61.2. The van der Waals surface area contributed by atoms with E-state index < -0.39 is 40.9 Å². The average Bonchev–Trinajstić information content (AvgIpc) is 3.80. The Kier molecular flexibility index (Phi) is 13.2. The molecule has 1 fully saturated rings. The van der Waals surface area contributed by atoms with Crippen molar-refractivity contribution in [3.8, 4) is 0 Å². The first kappa shape index (κ1) is 43.3. The highest BCUT2D eigenvalue weighted by Crippen LogP contribution is 2.45. The van der Waals surface area contributed by atoms with Crippen molar-refractivity contribution in [3.05, 3.63) is 231 Å². The van der Waals surface area contributed by atoms with Crippen molar-refractivity contribution in [2.75, 3.05) is 17.2 Å². The van der Waals surface area contributed by atoms with Crippen molar-refractivity contribution in [2.45, 2.75) is 29.5 Å². The summed E-state index contributed by atoms with van der Waals surface area (Å²) in [6.07, 6.45) is 3.49. The van der Waals surface area contributed by atoms with Gasteiger partial charge in [0.2, 0.25) is 5.60 Å². The van der Waals surface area contributed by atoms with Crippen LogP contribution in [0.1, 0.15) is 45.2 Å². The molecule has 1 saturated heterocycles. The SMILES string of the molecule is Nc1nc(/C(=N/OC(c2ccccc2)(c2ccccc2)c2ccccc2)C(=O)N[C@@H]2C(=O)N3C(C(=O)OC(c4ccccc4)c4ccccc4)=C(SCCc4ccncc4)CS[C@@H]23)cs1. The normalized spacial score (nSPS) is 16.1. The number of nitrogens with zero attached hydrogens (tertiary/aromatic N) is 4. The predicted molar refractivity (Wildman–Crippen MR) is 257 cm³/mol. The van der Waals surface area contributed by atoms with Crippen molar-refractivity contribution in [1.82, 2.24) is 20.2 Å². The quantitative estimate of drug-likeness (QED) is 0.0317. The molecule has 0 bridgehead atoms. The monoisotopic (exact) mass is 914 g/mol. The highest BCUT2D eigenvalue weighted by molar-refractivity contribution is 8.06. The number of benzene rings is 5. The van der Waals surface area contributed by atoms with E-state index in [1.54, 1.807) is 17.8 Å². The van der Waals surface area contributed by atoms with Gasteiger partial charge in [-0.2, -0.15) is 0 Å². The number of anilines is 1. The summed E-state index contributed by atoms with van der Waals surface area (Å²) in [6, 6.07) is 50.9. The van der Waals surface area contributed by atoms with Crippen LogP contribution < -0.4 is 11.1 Å². The van der Waals surface area contributed by atoms with Crippen LogP contribution in [0.5, 0.6) is 0 Å². The lowest BCUT2D eigenvalue weighted by molar-refractivity contribution is -0.154. The Morgan fingerprint density at radius 2 is 1.34 bits per heavy atom. The van der Waals surface area contributed by atoms with Gasteiger partial charge in [0.25, 0.3) is 11.8 Å². The molecule has 0 saturated carbocycles. The molecule has 2 aliphatic heterocycles. The summed E-state index contributed by atoms with van der Waals surface area (Å²) >= 11 is 4.13. The van der Waals surface area contributed by atoms with E-state index in [0.29, 0.717) is 11.5 Å². The Hall–Kier alpha value is -7.00. The molecule has 4 heterocycles. The Morgan fingerprint density at radius 3 is 1.86 bits per heavy atom. The fourth-order valence-electron chi connectivity index (χ4n) is 7.88. The molecule has 11 nitrogen and oxygen atoms in total. The van der Waals surface area contributed by atoms with Gasteiger partial charge in [-0.3, -0.25) is 19.5 Å². The second-order valence-electron chi connectivity index (χ2n) is 15.1. The largest absolute Gasteiger partial charge is 0.448 e. The van der Waals surface area contributed by atoms with Crippen LogP contribution in [-0.2, 0) is 36.0 Å². The van der Waals surface area contributed by atoms with Crippen LogP contribution in [0.25, 0.3) is 0 Å². The lowest BCUT2D eigenvalue weighted by Gasteiger charge is -2.49. The number of nitrogens with one attached hydrogen (secondary N) is 1. The maximum atomic E-state index is 14.6. The summed E-state index contributed by atoms with van der Waals surface area (Å²) < 4.78 is 6.38. The van der Waals surface area contributed by atoms with E-state index in [0.717, 1.165) is 56.0 Å². The van der Waals surface area contributed by atoms with Gasteiger partial charge in [0.1, 0.15) is 22.8 Å². The van der Waals surface area contributed by atoms with Crippen LogP contribution in [-0.4, -0.2) is 61.3 Å². The molecule has 0 aliphatic carbocycles. The number of aryl methyl sites for hydroxylation is 1. The molecule has 3 N–H and O–H groups in total. The zero-order valence-electron chi connectivity index (χ0n) is 34.8. The number of amides is 2. The number of hydrogen-bond acceptors (Lipinski definition) is 12. The molecule has 2 amide bonds. The molecule has 7 aromatic rings. The molecule has 5 aromatic carbocycles. The molecular weight excluding hydrogens is 873 g/mol. The molecule has 2 atom stereocenters. The van der Waals surface area contributed by atoms with Gasteiger partial charge in [0.05, 0.1) is 0 Å². The van der Waals surface area contributed by atoms with Crippen LogP contribution in [0.4, 0.5) is 5.13 Å². The molecule has 0 radical (unpaired) electrons. The summed E-state index contributed by atoms with van der Waals surface area (Å²) in [6.45, 7) is 0. The molecule has 324 valence electrons. The number of rotatable bonds is 16. The minimum absolute atomic E-state index is 0.170. The van der Waals surface area contributed by atoms with E-state index in [1.807, 2.05) is 164 Å². The molecule has 14 heteroatoms. The van der Waals surface area contributed by atoms with E-state index in [4.69, 9.17) is 15.3 Å². The van der Waals surface area contributed by atoms with Crippen LogP contribution >= 0.6 is 34.9 Å². The zero-order valence-corrected chi connectivity index (χ0v) is 37.3. The third-order valence-corrected chi connectivity index (χ3v) is 14.3. The summed E-state index contributed by atoms with van der Waals surface area (Å²) in [5, 5.41) is 8.79. The van der Waals surface area contributed by atoms with Crippen molar-refractivity contribution >= 4 is 63.5 Å². The fraction of sp³-hybridized carbons (Fsp3) is 0.137. The van der Waals surface area contributed by atoms with E-state index >= 15 is 0 Å². The molecular formula is C51H42N6O5S3. The van der Waals surface area contributed by atoms with Crippen LogP contribution in [0, 0.1) is 0 Å². The van der Waals surface area contributed by atoms with E-state index in [-0.39, 0.29) is 22.2 Å². The highest BCUT2D eigenvalue weighted by Gasteiger charge is 2.55. The van der Waals surface area contributed by atoms with E-state index in [9.17, 15) is 14.4 Å². The number of oxime groups is 1. The molecule has 2 aliphatic rings. The number of aromatic nitrogens is 2. The lowest BCUT2D eigenvalue weighted by Crippen LogP contribution is -2.71. The number of pyridine rings is 1. The number of carbonyl (C=O) groups excluding carboxylic acids is 3. The zero-order chi connectivity index (χ0) is 44.6. The van der Waals surface area contributed by atoms with Gasteiger partial charge in [-0.25, -0.2) is 9.78 Å². The number of esters is 1. The second-order valence-corrected chi connectivity index (χ2v) is 18.3. The van der Waals surface area contributed by atoms with Gasteiger partial charge in [0, 0.05) is 50.9 Å². The third kappa shape index (κ3) is 9.19. The van der Waals surface area contributed by atoms with Crippen LogP contribution in [0.3, 0.4) is 0 Å². The maximum absolute atomic E-state index is 14.6. The lowest BCUT2D eigenvalue weighted by atomic mass is 9.80. The Balaban J connectivity index is 1.03. The number of fused-ring (bicyclic) bond motifs is 1. The number of hydrogen-bond donors (Lipinski definition) is 2. The first-order chi connectivity index (χ1) is 31.9. The smallest absolute Gasteiger partial charge is 0.356 e. The van der Waals surface area contributed by atoms with E-state index in [2.05, 4.69) is 20.4 Å². The Labute approximate surface area is 388 Å². The summed E-state index contributed by atoms with van der Waals surface area (Å²) in [5.74, 6) is -0.734. The average molecular weight is 915 g/mol. The predicted octanol–water partition coefficient (Wildman–Crippen LogP) is 8.75. The summed E-state index contributed by atoms with van der Waals surface area (Å²) in [5.41, 5.74) is 9.97. The van der Waals surface area contributed by atoms with Crippen LogP contribution in [0.2, 0.25) is 0 Å². The maximum Gasteiger partial charge on any atom is 0.356 e. The third-order valence-electron chi connectivity index (χ3n) is 11.1. The van der Waals surface area contributed by atoms with Crippen molar-refractivity contribution < 1.29 is 24.0 Å². The topological polar surface area (TPSA) is 149 Å². The van der Waals surface area contributed by atoms with Gasteiger partial charge in [-0.05, 0) is 35.2 Å². The Bertz CT molecular complexity index is 2680. The second kappa shape index (κ2) is 19.8. The highest BCUT2D eigenvalue weighted by atomic mass is 32.2. The standard InChI is InChI=1S/C51H42N6O5S3/c52-50-54-40(32-65-50)42(56-62-51(37-20-10-3-11-21-37,38-22-12-4-13-23-38)39-24-14-5-15-25-39)46(58)55-43-47(59)57-44(41(33-64-48(43)57)63-31-28-34-26-29-53-30-27-34)49(60)61-45(35-16-6-1-7-17-35)36-18-8-2-9-19-36/h1-27,29-30,32,43,45,48H,28,31,33H2,(H2,52,54)(H,55,58)/b56-42-/t43-,48+/m1/s1. The number of carbonyl (C=O) groups is 3. The molecule has 65 heavy (non-hydrogen) atoms. The molecule has 0 spiro atoms. The van der Waals surface area contributed by atoms with Crippen LogP contribution in [0.15, 0.2) is 197 Å². The number of ether oxygens (including phenoxy) is 1. The Morgan fingerprint density at radius 1 is 0.800 bits per heavy atom. The molecule has 0 unspecified atom stereocenters. The van der Waals surface area contributed by atoms with Crippen molar-refractivity contribution in [3.63, 3.8) is 0 Å². The van der Waals surface area contributed by atoms with E-state index in [1.165, 1.54) is 28.4 Å². The van der Waals surface area contributed by atoms with Gasteiger partial charge in [0.15, 0.2) is 16.9 Å². The molecule has 2 aromatic heterocycles. The van der Waals surface area contributed by atoms with Crippen molar-refractivity contribution in [1.29, 1.82) is 0 Å². The minimum atomic E-state index is -1.30. The number of thiazole rings is 1.